The zero-order valence-electron chi connectivity index (χ0n) is 23.5. The smallest absolute Gasteiger partial charge is 0.260 e. The van der Waals surface area contributed by atoms with Gasteiger partial charge in [0.2, 0.25) is 0 Å². The molecule has 218 valence electrons. The first kappa shape index (κ1) is 28.4. The number of nitrogens with one attached hydrogen (secondary N) is 3. The van der Waals surface area contributed by atoms with Crippen molar-refractivity contribution in [3.8, 4) is 33.9 Å². The fraction of sp³-hybridized carbons (Fsp3) is 0.0588. The summed E-state index contributed by atoms with van der Waals surface area (Å²) in [5.41, 5.74) is 6.27. The number of aliphatic imine (C=N–C) groups is 1. The molecule has 0 bridgehead atoms. The molecule has 4 aliphatic rings. The van der Waals surface area contributed by atoms with Gasteiger partial charge < -0.3 is 15.0 Å². The van der Waals surface area contributed by atoms with Crippen LogP contribution in [0.3, 0.4) is 0 Å². The Morgan fingerprint density at radius 2 is 1.45 bits per heavy atom. The summed E-state index contributed by atoms with van der Waals surface area (Å²) in [5.74, 6) is -2.00. The van der Waals surface area contributed by atoms with Crippen LogP contribution in [-0.2, 0) is 0 Å². The lowest BCUT2D eigenvalue weighted by atomic mass is 10.1. The van der Waals surface area contributed by atoms with E-state index in [0.717, 1.165) is 34.5 Å². The topological polar surface area (TPSA) is 107 Å². The van der Waals surface area contributed by atoms with Crippen molar-refractivity contribution in [2.24, 2.45) is 4.99 Å². The number of aryl methyl sites for hydroxylation is 2. The first-order valence-electron chi connectivity index (χ1n) is 13.6. The van der Waals surface area contributed by atoms with Crippen LogP contribution in [0.15, 0.2) is 99.5 Å². The number of halogens is 3. The fourth-order valence-electron chi connectivity index (χ4n) is 4.84. The van der Waals surface area contributed by atoms with Crippen LogP contribution in [-0.4, -0.2) is 26.2 Å². The van der Waals surface area contributed by atoms with E-state index < -0.39 is 11.6 Å². The molecule has 7 rings (SSSR count). The molecule has 0 atom stereocenters. The summed E-state index contributed by atoms with van der Waals surface area (Å²) in [5, 5.41) is 0. The molecule has 1 aromatic heterocycles. The van der Waals surface area contributed by atoms with Gasteiger partial charge in [0.05, 0.1) is 27.8 Å². The first-order chi connectivity index (χ1) is 21.2. The number of benzene rings is 2. The van der Waals surface area contributed by atoms with Gasteiger partial charge in [-0.05, 0) is 43.7 Å². The fourth-order valence-corrected chi connectivity index (χ4v) is 4.84. The van der Waals surface area contributed by atoms with Crippen LogP contribution in [0.4, 0.5) is 18.9 Å². The molecule has 0 spiro atoms. The minimum Gasteiger partial charge on any atom is -0.338 e. The third-order valence-electron chi connectivity index (χ3n) is 7.15. The maximum absolute atomic E-state index is 13.3. The number of rotatable bonds is 3. The second-order valence-electron chi connectivity index (χ2n) is 10.2. The van der Waals surface area contributed by atoms with E-state index in [1.807, 2.05) is 68.4 Å². The minimum atomic E-state index is -0.973. The number of aromatic amines is 3. The Kier molecular flexibility index (Phi) is 7.40. The number of imidazole rings is 1. The molecule has 2 aromatic carbocycles. The Labute approximate surface area is 248 Å². The SMILES string of the molecule is Cc1ccc(F)cc1N=Cc1c2cccccc-2[nH]c1=O.Cc1ccc2[nH]c(=O)c(-c3nc4cc(F)c(F)cc4[nH]3)c-2cc1. The van der Waals surface area contributed by atoms with Gasteiger partial charge in [0, 0.05) is 40.9 Å². The molecule has 2 aliphatic heterocycles. The van der Waals surface area contributed by atoms with Crippen LogP contribution in [0.1, 0.15) is 16.7 Å². The Hall–Kier alpha value is -5.77. The third kappa shape index (κ3) is 5.52. The van der Waals surface area contributed by atoms with Crippen molar-refractivity contribution < 1.29 is 13.2 Å². The summed E-state index contributed by atoms with van der Waals surface area (Å²) in [6.07, 6.45) is 1.49. The standard InChI is InChI=1S/C17H11F2N3O.C17H13FN2O/c1-8-2-4-9-12(5-3-8)22-17(23)15(9)16-20-13-6-10(18)11(19)7-14(13)21-16;1-11-7-8-12(18)9-16(11)19-10-14-13-5-3-2-4-6-15(13)20-17(14)21/h2-7H,1H3,(H,20,21)(H,22,23);2-10H,1H3,(H,20,21). The highest BCUT2D eigenvalue weighted by Crippen LogP contribution is 2.30. The lowest BCUT2D eigenvalue weighted by Gasteiger charge is -1.99. The van der Waals surface area contributed by atoms with Crippen LogP contribution in [0.5, 0.6) is 0 Å². The van der Waals surface area contributed by atoms with Crippen LogP contribution in [0, 0.1) is 31.3 Å². The molecule has 0 amide bonds. The maximum atomic E-state index is 13.3. The van der Waals surface area contributed by atoms with E-state index in [1.54, 1.807) is 6.07 Å². The van der Waals surface area contributed by atoms with Crippen LogP contribution in [0.2, 0.25) is 0 Å². The van der Waals surface area contributed by atoms with E-state index in [0.29, 0.717) is 33.6 Å². The van der Waals surface area contributed by atoms with E-state index in [-0.39, 0.29) is 28.3 Å². The quantitative estimate of drug-likeness (QED) is 0.188. The Morgan fingerprint density at radius 3 is 2.30 bits per heavy atom. The van der Waals surface area contributed by atoms with Gasteiger partial charge in [0.15, 0.2) is 11.6 Å². The van der Waals surface area contributed by atoms with Crippen molar-refractivity contribution in [1.82, 2.24) is 19.9 Å². The highest BCUT2D eigenvalue weighted by atomic mass is 19.2. The maximum Gasteiger partial charge on any atom is 0.260 e. The Morgan fingerprint density at radius 1 is 0.727 bits per heavy atom. The number of hydrogen-bond acceptors (Lipinski definition) is 4. The largest absolute Gasteiger partial charge is 0.338 e. The zero-order valence-corrected chi connectivity index (χ0v) is 23.5. The Balaban J connectivity index is 0.000000157. The van der Waals surface area contributed by atoms with Gasteiger partial charge in [-0.25, -0.2) is 18.2 Å². The molecule has 10 heteroatoms. The van der Waals surface area contributed by atoms with E-state index in [9.17, 15) is 22.8 Å². The van der Waals surface area contributed by atoms with Crippen molar-refractivity contribution in [1.29, 1.82) is 0 Å². The molecule has 7 nitrogen and oxygen atoms in total. The van der Waals surface area contributed by atoms with Gasteiger partial charge in [0.1, 0.15) is 11.6 Å². The summed E-state index contributed by atoms with van der Waals surface area (Å²) in [6, 6.07) is 23.2. The number of H-pyrrole nitrogens is 3. The lowest BCUT2D eigenvalue weighted by Crippen LogP contribution is -2.03. The van der Waals surface area contributed by atoms with Crippen molar-refractivity contribution in [2.75, 3.05) is 0 Å². The highest BCUT2D eigenvalue weighted by Gasteiger charge is 2.19. The summed E-state index contributed by atoms with van der Waals surface area (Å²) in [6.45, 7) is 3.79. The number of hydrogen-bond donors (Lipinski definition) is 3. The van der Waals surface area contributed by atoms with Crippen LogP contribution < -0.4 is 11.1 Å². The molecule has 0 unspecified atom stereocenters. The predicted octanol–water partition coefficient (Wildman–Crippen LogP) is 7.29. The molecular formula is C34H24F3N5O2. The van der Waals surface area contributed by atoms with Gasteiger partial charge in [-0.3, -0.25) is 14.6 Å². The van der Waals surface area contributed by atoms with Crippen molar-refractivity contribution in [3.05, 3.63) is 140 Å². The zero-order chi connectivity index (χ0) is 31.0. The van der Waals surface area contributed by atoms with Gasteiger partial charge in [-0.15, -0.1) is 0 Å². The van der Waals surface area contributed by atoms with Gasteiger partial charge in [0.25, 0.3) is 11.1 Å². The second-order valence-corrected chi connectivity index (χ2v) is 10.2. The summed E-state index contributed by atoms with van der Waals surface area (Å²) < 4.78 is 39.9. The summed E-state index contributed by atoms with van der Waals surface area (Å²) >= 11 is 0. The van der Waals surface area contributed by atoms with Crippen LogP contribution in [0.25, 0.3) is 44.9 Å². The summed E-state index contributed by atoms with van der Waals surface area (Å²) in [4.78, 5) is 41.2. The molecule has 2 aliphatic carbocycles. The van der Waals surface area contributed by atoms with Crippen molar-refractivity contribution in [2.45, 2.75) is 13.8 Å². The monoisotopic (exact) mass is 591 g/mol. The molecule has 0 radical (unpaired) electrons. The molecule has 44 heavy (non-hydrogen) atoms. The van der Waals surface area contributed by atoms with Crippen LogP contribution >= 0.6 is 0 Å². The normalized spacial score (nSPS) is 11.4. The molecule has 0 fully saturated rings. The average molecular weight is 592 g/mol. The molecule has 0 saturated heterocycles. The lowest BCUT2D eigenvalue weighted by molar-refractivity contribution is 0.510. The third-order valence-corrected chi connectivity index (χ3v) is 7.15. The van der Waals surface area contributed by atoms with E-state index in [2.05, 4.69) is 24.9 Å². The van der Waals surface area contributed by atoms with E-state index in [1.165, 1.54) is 18.3 Å². The first-order valence-corrected chi connectivity index (χ1v) is 13.6. The average Bonchev–Trinajstić information content (AvgIpc) is 3.51. The molecule has 3 heterocycles. The predicted molar refractivity (Wildman–Crippen MR) is 166 cm³/mol. The number of aromatic nitrogens is 4. The van der Waals surface area contributed by atoms with E-state index >= 15 is 0 Å². The molecular weight excluding hydrogens is 567 g/mol. The Bertz CT molecular complexity index is 2210. The van der Waals surface area contributed by atoms with Gasteiger partial charge in [-0.1, -0.05) is 54.1 Å². The van der Waals surface area contributed by atoms with Gasteiger partial charge >= 0.3 is 0 Å². The van der Waals surface area contributed by atoms with Crippen molar-refractivity contribution in [3.63, 3.8) is 0 Å². The molecule has 0 saturated carbocycles. The molecule has 3 aromatic rings. The van der Waals surface area contributed by atoms with E-state index in [4.69, 9.17) is 0 Å². The number of fused-ring (bicyclic) bond motifs is 3. The number of nitrogens with zero attached hydrogens (tertiary/aromatic N) is 2. The van der Waals surface area contributed by atoms with Gasteiger partial charge in [-0.2, -0.15) is 0 Å². The van der Waals surface area contributed by atoms with Crippen molar-refractivity contribution >= 4 is 22.9 Å². The molecule has 3 N–H and O–H groups in total. The highest BCUT2D eigenvalue weighted by molar-refractivity contribution is 5.91. The second kappa shape index (κ2) is 11.5. The summed E-state index contributed by atoms with van der Waals surface area (Å²) in [7, 11) is 0. The minimum absolute atomic E-state index is 0.200.